The molecule has 0 aliphatic carbocycles. The SMILES string of the molecule is CS(=O)(=O)c1ccc(-c2c(-c3ccc(F)cc3)oc3ccc(F)cc3c2=O)cc1. The maximum absolute atomic E-state index is 13.7. The van der Waals surface area contributed by atoms with Crippen molar-refractivity contribution < 1.29 is 21.6 Å². The van der Waals surface area contributed by atoms with E-state index in [1.165, 1.54) is 60.7 Å². The van der Waals surface area contributed by atoms with Crippen molar-refractivity contribution in [1.82, 2.24) is 0 Å². The fourth-order valence-corrected chi connectivity index (χ4v) is 3.73. The first-order chi connectivity index (χ1) is 13.7. The van der Waals surface area contributed by atoms with Gasteiger partial charge in [0.1, 0.15) is 23.0 Å². The molecule has 0 atom stereocenters. The smallest absolute Gasteiger partial charge is 0.201 e. The fourth-order valence-electron chi connectivity index (χ4n) is 3.10. The van der Waals surface area contributed by atoms with E-state index in [-0.39, 0.29) is 27.2 Å². The summed E-state index contributed by atoms with van der Waals surface area (Å²) in [6.45, 7) is 0. The van der Waals surface area contributed by atoms with Crippen molar-refractivity contribution in [2.45, 2.75) is 4.90 Å². The Morgan fingerprint density at radius 2 is 1.38 bits per heavy atom. The Bertz CT molecular complexity index is 1390. The maximum atomic E-state index is 13.7. The van der Waals surface area contributed by atoms with E-state index in [0.717, 1.165) is 12.3 Å². The van der Waals surface area contributed by atoms with Crippen molar-refractivity contribution in [1.29, 1.82) is 0 Å². The summed E-state index contributed by atoms with van der Waals surface area (Å²) >= 11 is 0. The lowest BCUT2D eigenvalue weighted by atomic mass is 9.98. The van der Waals surface area contributed by atoms with Crippen molar-refractivity contribution in [3.63, 3.8) is 0 Å². The van der Waals surface area contributed by atoms with Gasteiger partial charge in [-0.25, -0.2) is 17.2 Å². The topological polar surface area (TPSA) is 64.3 Å². The Morgan fingerprint density at radius 3 is 2.00 bits per heavy atom. The summed E-state index contributed by atoms with van der Waals surface area (Å²) in [5.74, 6) is -0.850. The van der Waals surface area contributed by atoms with Gasteiger partial charge in [-0.2, -0.15) is 0 Å². The third-order valence-corrected chi connectivity index (χ3v) is 5.66. The summed E-state index contributed by atoms with van der Waals surface area (Å²) in [6, 6.07) is 14.8. The van der Waals surface area contributed by atoms with Crippen molar-refractivity contribution in [3.8, 4) is 22.5 Å². The highest BCUT2D eigenvalue weighted by molar-refractivity contribution is 7.90. The van der Waals surface area contributed by atoms with Crippen LogP contribution >= 0.6 is 0 Å². The molecule has 0 bridgehead atoms. The van der Waals surface area contributed by atoms with Crippen LogP contribution in [-0.4, -0.2) is 14.7 Å². The highest BCUT2D eigenvalue weighted by Gasteiger charge is 2.19. The van der Waals surface area contributed by atoms with E-state index < -0.39 is 26.9 Å². The minimum absolute atomic E-state index is 0.0538. The molecule has 0 N–H and O–H groups in total. The van der Waals surface area contributed by atoms with Crippen molar-refractivity contribution in [3.05, 3.63) is 88.6 Å². The number of hydrogen-bond donors (Lipinski definition) is 0. The molecule has 146 valence electrons. The predicted molar refractivity (Wildman–Crippen MR) is 106 cm³/mol. The zero-order chi connectivity index (χ0) is 20.8. The number of benzene rings is 3. The molecule has 0 amide bonds. The van der Waals surface area contributed by atoms with Gasteiger partial charge >= 0.3 is 0 Å². The van der Waals surface area contributed by atoms with Gasteiger partial charge in [-0.05, 0) is 60.2 Å². The van der Waals surface area contributed by atoms with Gasteiger partial charge in [-0.15, -0.1) is 0 Å². The van der Waals surface area contributed by atoms with Gasteiger partial charge in [0.05, 0.1) is 15.8 Å². The Hall–Kier alpha value is -3.32. The monoisotopic (exact) mass is 412 g/mol. The number of sulfone groups is 1. The van der Waals surface area contributed by atoms with Crippen molar-refractivity contribution >= 4 is 20.8 Å². The first-order valence-electron chi connectivity index (χ1n) is 8.57. The number of hydrogen-bond acceptors (Lipinski definition) is 4. The molecule has 0 spiro atoms. The van der Waals surface area contributed by atoms with E-state index in [1.54, 1.807) is 0 Å². The minimum Gasteiger partial charge on any atom is -0.455 e. The molecular weight excluding hydrogens is 398 g/mol. The Kier molecular flexibility index (Phi) is 4.55. The van der Waals surface area contributed by atoms with Crippen LogP contribution < -0.4 is 5.43 Å². The molecule has 0 unspecified atom stereocenters. The van der Waals surface area contributed by atoms with Crippen LogP contribution in [0.2, 0.25) is 0 Å². The second-order valence-electron chi connectivity index (χ2n) is 6.58. The van der Waals surface area contributed by atoms with Crippen molar-refractivity contribution in [2.24, 2.45) is 0 Å². The molecule has 0 aliphatic heterocycles. The average Bonchev–Trinajstić information content (AvgIpc) is 2.68. The molecule has 0 radical (unpaired) electrons. The third kappa shape index (κ3) is 3.56. The normalized spacial score (nSPS) is 11.7. The summed E-state index contributed by atoms with van der Waals surface area (Å²) in [5, 5.41) is 0.0538. The van der Waals surface area contributed by atoms with Crippen LogP contribution in [0, 0.1) is 11.6 Å². The van der Waals surface area contributed by atoms with Gasteiger partial charge in [0.25, 0.3) is 0 Å². The molecule has 0 fully saturated rings. The predicted octanol–water partition coefficient (Wildman–Crippen LogP) is 4.81. The highest BCUT2D eigenvalue weighted by Crippen LogP contribution is 2.33. The third-order valence-electron chi connectivity index (χ3n) is 4.53. The molecule has 0 aliphatic rings. The molecule has 7 heteroatoms. The van der Waals surface area contributed by atoms with Crippen LogP contribution in [0.3, 0.4) is 0 Å². The number of fused-ring (bicyclic) bond motifs is 1. The Balaban J connectivity index is 2.04. The lowest BCUT2D eigenvalue weighted by Gasteiger charge is -2.11. The second-order valence-corrected chi connectivity index (χ2v) is 8.59. The maximum Gasteiger partial charge on any atom is 0.201 e. The van der Waals surface area contributed by atoms with Gasteiger partial charge < -0.3 is 4.42 Å². The Morgan fingerprint density at radius 1 is 0.793 bits per heavy atom. The van der Waals surface area contributed by atoms with E-state index in [0.29, 0.717) is 11.1 Å². The zero-order valence-electron chi connectivity index (χ0n) is 15.1. The summed E-state index contributed by atoms with van der Waals surface area (Å²) in [6.07, 6.45) is 1.08. The molecule has 3 aromatic carbocycles. The molecular formula is C22H14F2O4S. The van der Waals surface area contributed by atoms with E-state index >= 15 is 0 Å². The van der Waals surface area contributed by atoms with Gasteiger partial charge in [0.2, 0.25) is 5.43 Å². The molecule has 4 rings (SSSR count). The van der Waals surface area contributed by atoms with Crippen LogP contribution in [0.25, 0.3) is 33.4 Å². The van der Waals surface area contributed by atoms with E-state index in [1.807, 2.05) is 0 Å². The molecule has 0 saturated heterocycles. The van der Waals surface area contributed by atoms with Crippen LogP contribution in [0.4, 0.5) is 8.78 Å². The number of halogens is 2. The Labute approximate surface area is 165 Å². The van der Waals surface area contributed by atoms with E-state index in [4.69, 9.17) is 4.42 Å². The molecule has 1 heterocycles. The molecule has 29 heavy (non-hydrogen) atoms. The second kappa shape index (κ2) is 6.93. The quantitative estimate of drug-likeness (QED) is 0.485. The van der Waals surface area contributed by atoms with Crippen LogP contribution in [-0.2, 0) is 9.84 Å². The summed E-state index contributed by atoms with van der Waals surface area (Å²) in [4.78, 5) is 13.3. The van der Waals surface area contributed by atoms with Crippen LogP contribution in [0.15, 0.2) is 80.8 Å². The summed E-state index contributed by atoms with van der Waals surface area (Å²) in [5.41, 5.74) is 0.702. The lowest BCUT2D eigenvalue weighted by molar-refractivity contribution is 0.602. The number of rotatable bonds is 3. The summed E-state index contributed by atoms with van der Waals surface area (Å²) < 4.78 is 56.4. The van der Waals surface area contributed by atoms with Crippen molar-refractivity contribution in [2.75, 3.05) is 6.26 Å². The van der Waals surface area contributed by atoms with Gasteiger partial charge in [0.15, 0.2) is 9.84 Å². The molecule has 1 aromatic heterocycles. The molecule has 0 saturated carbocycles. The van der Waals surface area contributed by atoms with Crippen LogP contribution in [0.5, 0.6) is 0 Å². The zero-order valence-corrected chi connectivity index (χ0v) is 16.0. The van der Waals surface area contributed by atoms with Gasteiger partial charge in [0, 0.05) is 11.8 Å². The van der Waals surface area contributed by atoms with Crippen LogP contribution in [0.1, 0.15) is 0 Å². The first kappa shape index (κ1) is 19.0. The molecule has 4 nitrogen and oxygen atoms in total. The fraction of sp³-hybridized carbons (Fsp3) is 0.0455. The van der Waals surface area contributed by atoms with E-state index in [9.17, 15) is 22.0 Å². The largest absolute Gasteiger partial charge is 0.455 e. The lowest BCUT2D eigenvalue weighted by Crippen LogP contribution is -2.08. The van der Waals surface area contributed by atoms with E-state index in [2.05, 4.69) is 0 Å². The van der Waals surface area contributed by atoms with Gasteiger partial charge in [-0.3, -0.25) is 4.79 Å². The standard InChI is InChI=1S/C22H14F2O4S/c1-29(26,27)17-9-4-13(5-10-17)20-21(25)18-12-16(24)8-11-19(18)28-22(20)14-2-6-15(23)7-3-14/h2-12H,1H3. The summed E-state index contributed by atoms with van der Waals surface area (Å²) in [7, 11) is -3.41. The highest BCUT2D eigenvalue weighted by atomic mass is 32.2. The first-order valence-corrected chi connectivity index (χ1v) is 10.5. The molecule has 4 aromatic rings. The average molecular weight is 412 g/mol. The van der Waals surface area contributed by atoms with Gasteiger partial charge in [-0.1, -0.05) is 12.1 Å². The minimum atomic E-state index is -3.41.